The van der Waals surface area contributed by atoms with E-state index in [1.54, 1.807) is 0 Å². The number of rotatable bonds is 1. The number of hydrogen-bond acceptors (Lipinski definition) is 1. The number of hydrogen-bond donors (Lipinski definition) is 0. The van der Waals surface area contributed by atoms with Gasteiger partial charge in [-0.15, -0.1) is 0 Å². The van der Waals surface area contributed by atoms with Gasteiger partial charge in [-0.05, 0) is 19.9 Å². The molecule has 1 heterocycles. The van der Waals surface area contributed by atoms with E-state index in [9.17, 15) is 4.39 Å². The van der Waals surface area contributed by atoms with Gasteiger partial charge in [0, 0.05) is 12.6 Å². The smallest absolute Gasteiger partial charge is 0.117 e. The molecule has 0 N–H and O–H groups in total. The molecular formula is C7H14FN. The Hall–Kier alpha value is -0.110. The van der Waals surface area contributed by atoms with Gasteiger partial charge in [0.1, 0.15) is 6.17 Å². The second-order valence-corrected chi connectivity index (χ2v) is 2.76. The van der Waals surface area contributed by atoms with Crippen molar-refractivity contribution in [3.8, 4) is 0 Å². The summed E-state index contributed by atoms with van der Waals surface area (Å²) in [6, 6.07) is 0.199. The summed E-state index contributed by atoms with van der Waals surface area (Å²) in [5.74, 6) is 0. The summed E-state index contributed by atoms with van der Waals surface area (Å²) in [5, 5.41) is 0. The van der Waals surface area contributed by atoms with Gasteiger partial charge in [0.15, 0.2) is 0 Å². The van der Waals surface area contributed by atoms with Crippen molar-refractivity contribution in [3.05, 3.63) is 0 Å². The van der Waals surface area contributed by atoms with Crippen LogP contribution in [0.4, 0.5) is 4.39 Å². The molecule has 0 saturated carbocycles. The van der Waals surface area contributed by atoms with E-state index in [1.807, 2.05) is 14.0 Å². The highest BCUT2D eigenvalue weighted by Crippen LogP contribution is 2.20. The molecule has 1 aliphatic rings. The maximum atomic E-state index is 12.8. The van der Waals surface area contributed by atoms with Crippen LogP contribution in [0.1, 0.15) is 19.8 Å². The minimum absolute atomic E-state index is 0.199. The third kappa shape index (κ3) is 1.23. The predicted molar refractivity (Wildman–Crippen MR) is 36.2 cm³/mol. The Balaban J connectivity index is 2.44. The summed E-state index contributed by atoms with van der Waals surface area (Å²) < 4.78 is 12.8. The summed E-state index contributed by atoms with van der Waals surface area (Å²) in [7, 11) is 1.99. The fourth-order valence-corrected chi connectivity index (χ4v) is 1.53. The number of likely N-dealkylation sites (tertiary alicyclic amines) is 1. The first-order valence-corrected chi connectivity index (χ1v) is 3.60. The molecule has 9 heavy (non-hydrogen) atoms. The average molecular weight is 131 g/mol. The number of halogens is 1. The molecule has 0 aromatic carbocycles. The zero-order valence-corrected chi connectivity index (χ0v) is 6.10. The van der Waals surface area contributed by atoms with Crippen LogP contribution in [0, 0.1) is 0 Å². The van der Waals surface area contributed by atoms with Crippen molar-refractivity contribution in [2.24, 2.45) is 0 Å². The van der Waals surface area contributed by atoms with Gasteiger partial charge in [0.25, 0.3) is 0 Å². The first-order valence-electron chi connectivity index (χ1n) is 3.60. The number of nitrogens with zero attached hydrogens (tertiary/aromatic N) is 1. The molecule has 0 aromatic rings. The molecule has 0 aromatic heterocycles. The molecule has 1 aliphatic heterocycles. The van der Waals surface area contributed by atoms with E-state index >= 15 is 0 Å². The lowest BCUT2D eigenvalue weighted by molar-refractivity contribution is 0.217. The van der Waals surface area contributed by atoms with Gasteiger partial charge in [-0.3, -0.25) is 0 Å². The fraction of sp³-hybridized carbons (Fsp3) is 1.00. The first kappa shape index (κ1) is 7.00. The van der Waals surface area contributed by atoms with Gasteiger partial charge in [0.05, 0.1) is 0 Å². The molecule has 2 atom stereocenters. The second kappa shape index (κ2) is 2.65. The van der Waals surface area contributed by atoms with Crippen LogP contribution < -0.4 is 0 Å². The van der Waals surface area contributed by atoms with Gasteiger partial charge < -0.3 is 4.90 Å². The molecular weight excluding hydrogens is 117 g/mol. The third-order valence-electron chi connectivity index (χ3n) is 2.16. The van der Waals surface area contributed by atoms with E-state index in [0.29, 0.717) is 0 Å². The van der Waals surface area contributed by atoms with E-state index in [4.69, 9.17) is 0 Å². The van der Waals surface area contributed by atoms with E-state index < -0.39 is 6.17 Å². The van der Waals surface area contributed by atoms with Crippen LogP contribution in [0.15, 0.2) is 0 Å². The summed E-state index contributed by atoms with van der Waals surface area (Å²) in [5.41, 5.74) is 0. The van der Waals surface area contributed by atoms with Crippen molar-refractivity contribution in [1.29, 1.82) is 0 Å². The maximum Gasteiger partial charge on any atom is 0.117 e. The number of alkyl halides is 1. The Morgan fingerprint density at radius 1 is 1.67 bits per heavy atom. The van der Waals surface area contributed by atoms with Crippen molar-refractivity contribution >= 4 is 0 Å². The summed E-state index contributed by atoms with van der Waals surface area (Å²) >= 11 is 0. The van der Waals surface area contributed by atoms with Gasteiger partial charge >= 0.3 is 0 Å². The average Bonchev–Trinajstić information content (AvgIpc) is 2.12. The second-order valence-electron chi connectivity index (χ2n) is 2.76. The van der Waals surface area contributed by atoms with Crippen molar-refractivity contribution in [2.45, 2.75) is 32.0 Å². The van der Waals surface area contributed by atoms with Crippen molar-refractivity contribution in [2.75, 3.05) is 13.6 Å². The Kier molecular flexibility index (Phi) is 2.06. The standard InChI is InChI=1S/C7H14FN/c1-3-7-6(8)4-5-9(7)2/h6-7H,3-5H2,1-2H3/t6-,7+/m0/s1. The molecule has 0 radical (unpaired) electrons. The molecule has 0 unspecified atom stereocenters. The minimum Gasteiger partial charge on any atom is -0.300 e. The van der Waals surface area contributed by atoms with Crippen LogP contribution in [0.3, 0.4) is 0 Å². The monoisotopic (exact) mass is 131 g/mol. The van der Waals surface area contributed by atoms with Gasteiger partial charge in [-0.25, -0.2) is 4.39 Å². The lowest BCUT2D eigenvalue weighted by Crippen LogP contribution is -2.29. The predicted octanol–water partition coefficient (Wildman–Crippen LogP) is 1.44. The van der Waals surface area contributed by atoms with E-state index in [-0.39, 0.29) is 6.04 Å². The van der Waals surface area contributed by atoms with E-state index in [0.717, 1.165) is 19.4 Å². The first-order chi connectivity index (χ1) is 4.25. The van der Waals surface area contributed by atoms with Gasteiger partial charge in [-0.2, -0.15) is 0 Å². The molecule has 1 nitrogen and oxygen atoms in total. The zero-order valence-electron chi connectivity index (χ0n) is 6.10. The van der Waals surface area contributed by atoms with Crippen molar-refractivity contribution in [1.82, 2.24) is 4.90 Å². The van der Waals surface area contributed by atoms with Crippen molar-refractivity contribution in [3.63, 3.8) is 0 Å². The van der Waals surface area contributed by atoms with Crippen LogP contribution in [0.2, 0.25) is 0 Å². The van der Waals surface area contributed by atoms with Crippen LogP contribution in [-0.4, -0.2) is 30.7 Å². The molecule has 2 heteroatoms. The molecule has 54 valence electrons. The lowest BCUT2D eigenvalue weighted by atomic mass is 10.1. The molecule has 1 rings (SSSR count). The third-order valence-corrected chi connectivity index (χ3v) is 2.16. The molecule has 0 amide bonds. The van der Waals surface area contributed by atoms with Crippen LogP contribution >= 0.6 is 0 Å². The lowest BCUT2D eigenvalue weighted by Gasteiger charge is -2.18. The summed E-state index contributed by atoms with van der Waals surface area (Å²) in [4.78, 5) is 2.10. The molecule has 1 saturated heterocycles. The topological polar surface area (TPSA) is 3.24 Å². The highest BCUT2D eigenvalue weighted by atomic mass is 19.1. The highest BCUT2D eigenvalue weighted by molar-refractivity contribution is 4.83. The molecule has 0 aliphatic carbocycles. The van der Waals surface area contributed by atoms with Crippen molar-refractivity contribution < 1.29 is 4.39 Å². The molecule has 0 spiro atoms. The van der Waals surface area contributed by atoms with E-state index in [1.165, 1.54) is 0 Å². The van der Waals surface area contributed by atoms with Crippen LogP contribution in [0.25, 0.3) is 0 Å². The fourth-order valence-electron chi connectivity index (χ4n) is 1.53. The highest BCUT2D eigenvalue weighted by Gasteiger charge is 2.29. The zero-order chi connectivity index (χ0) is 6.85. The van der Waals surface area contributed by atoms with Gasteiger partial charge in [-0.1, -0.05) is 6.92 Å². The summed E-state index contributed by atoms with van der Waals surface area (Å²) in [6.07, 6.45) is 1.10. The SMILES string of the molecule is CC[C@@H]1[C@@H](F)CCN1C. The normalized spacial score (nSPS) is 37.7. The largest absolute Gasteiger partial charge is 0.300 e. The Morgan fingerprint density at radius 2 is 2.33 bits per heavy atom. The van der Waals surface area contributed by atoms with Crippen LogP contribution in [-0.2, 0) is 0 Å². The molecule has 0 bridgehead atoms. The minimum atomic E-state index is -0.569. The van der Waals surface area contributed by atoms with Crippen LogP contribution in [0.5, 0.6) is 0 Å². The van der Waals surface area contributed by atoms with Gasteiger partial charge in [0.2, 0.25) is 0 Å². The Bertz CT molecular complexity index is 84.9. The molecule has 1 fully saturated rings. The Morgan fingerprint density at radius 3 is 2.56 bits per heavy atom. The quantitative estimate of drug-likeness (QED) is 0.520. The Labute approximate surface area is 55.8 Å². The maximum absolute atomic E-state index is 12.8. The summed E-state index contributed by atoms with van der Waals surface area (Å²) in [6.45, 7) is 2.97. The van der Waals surface area contributed by atoms with E-state index in [2.05, 4.69) is 4.90 Å².